The van der Waals surface area contributed by atoms with E-state index in [2.05, 4.69) is 10.6 Å². The highest BCUT2D eigenvalue weighted by molar-refractivity contribution is 5.98. The first-order valence-electron chi connectivity index (χ1n) is 9.46. The fraction of sp³-hybridized carbons (Fsp3) is 0.364. The summed E-state index contributed by atoms with van der Waals surface area (Å²) in [5.74, 6) is -3.58. The molecule has 2 amide bonds. The van der Waals surface area contributed by atoms with Crippen molar-refractivity contribution in [3.05, 3.63) is 71.3 Å². The van der Waals surface area contributed by atoms with Gasteiger partial charge in [-0.3, -0.25) is 9.59 Å². The van der Waals surface area contributed by atoms with Crippen LogP contribution in [0, 0.1) is 17.6 Å². The van der Waals surface area contributed by atoms with Gasteiger partial charge in [-0.25, -0.2) is 8.78 Å². The third-order valence-electron chi connectivity index (χ3n) is 4.70. The van der Waals surface area contributed by atoms with Crippen LogP contribution in [0.25, 0.3) is 0 Å². The largest absolute Gasteiger partial charge is 0.352 e. The van der Waals surface area contributed by atoms with Crippen LogP contribution in [0.3, 0.4) is 0 Å². The van der Waals surface area contributed by atoms with Crippen LogP contribution < -0.4 is 10.6 Å². The van der Waals surface area contributed by atoms with Gasteiger partial charge in [-0.15, -0.1) is 0 Å². The van der Waals surface area contributed by atoms with E-state index in [0.29, 0.717) is 6.54 Å². The average Bonchev–Trinajstić information content (AvgIpc) is 2.66. The van der Waals surface area contributed by atoms with E-state index in [-0.39, 0.29) is 12.0 Å². The van der Waals surface area contributed by atoms with Gasteiger partial charge in [0.15, 0.2) is 0 Å². The zero-order valence-electron chi connectivity index (χ0n) is 17.1. The van der Waals surface area contributed by atoms with E-state index in [1.807, 2.05) is 49.3 Å². The molecule has 0 spiro atoms. The van der Waals surface area contributed by atoms with Crippen molar-refractivity contribution < 1.29 is 18.4 Å². The third-order valence-corrected chi connectivity index (χ3v) is 4.70. The van der Waals surface area contributed by atoms with Gasteiger partial charge in [0.2, 0.25) is 5.91 Å². The average molecular weight is 403 g/mol. The predicted molar refractivity (Wildman–Crippen MR) is 108 cm³/mol. The molecule has 0 aromatic heterocycles. The zero-order valence-corrected chi connectivity index (χ0v) is 17.1. The second-order valence-corrected chi connectivity index (χ2v) is 7.43. The molecule has 2 atom stereocenters. The van der Waals surface area contributed by atoms with Gasteiger partial charge in [-0.1, -0.05) is 50.2 Å². The minimum atomic E-state index is -0.970. The first-order chi connectivity index (χ1) is 13.7. The Morgan fingerprint density at radius 2 is 1.55 bits per heavy atom. The van der Waals surface area contributed by atoms with Crippen LogP contribution in [0.15, 0.2) is 48.5 Å². The first-order valence-corrected chi connectivity index (χ1v) is 9.46. The molecular formula is C22H27F2N3O2. The third kappa shape index (κ3) is 5.84. The minimum Gasteiger partial charge on any atom is -0.352 e. The quantitative estimate of drug-likeness (QED) is 0.712. The molecule has 7 heteroatoms. The molecule has 0 unspecified atom stereocenters. The Morgan fingerprint density at radius 3 is 2.07 bits per heavy atom. The number of rotatable bonds is 8. The van der Waals surface area contributed by atoms with Gasteiger partial charge in [0, 0.05) is 6.54 Å². The summed E-state index contributed by atoms with van der Waals surface area (Å²) in [4.78, 5) is 27.1. The van der Waals surface area contributed by atoms with Crippen LogP contribution in [-0.4, -0.2) is 43.4 Å². The van der Waals surface area contributed by atoms with Crippen LogP contribution >= 0.6 is 0 Å². The number of carbonyl (C=O) groups is 2. The molecule has 0 radical (unpaired) electrons. The molecule has 0 bridgehead atoms. The molecule has 29 heavy (non-hydrogen) atoms. The molecule has 0 heterocycles. The van der Waals surface area contributed by atoms with Crippen molar-refractivity contribution in [3.8, 4) is 0 Å². The molecule has 2 rings (SSSR count). The van der Waals surface area contributed by atoms with Crippen LogP contribution in [0.1, 0.15) is 35.8 Å². The summed E-state index contributed by atoms with van der Waals surface area (Å²) in [6.45, 7) is 3.83. The van der Waals surface area contributed by atoms with Crippen molar-refractivity contribution in [1.82, 2.24) is 15.5 Å². The van der Waals surface area contributed by atoms with E-state index in [4.69, 9.17) is 0 Å². The summed E-state index contributed by atoms with van der Waals surface area (Å²) in [5.41, 5.74) is 0.345. The van der Waals surface area contributed by atoms with Crippen molar-refractivity contribution in [1.29, 1.82) is 0 Å². The molecule has 0 aliphatic heterocycles. The minimum absolute atomic E-state index is 0.0623. The zero-order chi connectivity index (χ0) is 21.6. The highest BCUT2D eigenvalue weighted by atomic mass is 19.1. The van der Waals surface area contributed by atoms with Crippen molar-refractivity contribution in [2.75, 3.05) is 20.6 Å². The standard InChI is InChI=1S/C22H27F2N3O2/c1-14(2)20(26-21(28)19-16(23)11-8-12-17(19)24)22(29)25-13-18(27(3)4)15-9-6-5-7-10-15/h5-12,14,18,20H,13H2,1-4H3,(H,25,29)(H,26,28)/t18-,20+/m1/s1. The fourth-order valence-electron chi connectivity index (χ4n) is 3.04. The number of amides is 2. The monoisotopic (exact) mass is 403 g/mol. The van der Waals surface area contributed by atoms with Gasteiger partial charge in [-0.05, 0) is 37.7 Å². The molecule has 0 saturated carbocycles. The maximum atomic E-state index is 13.9. The van der Waals surface area contributed by atoms with Gasteiger partial charge >= 0.3 is 0 Å². The molecule has 0 fully saturated rings. The summed E-state index contributed by atoms with van der Waals surface area (Å²) in [6.07, 6.45) is 0. The summed E-state index contributed by atoms with van der Waals surface area (Å²) in [6, 6.07) is 11.9. The lowest BCUT2D eigenvalue weighted by Crippen LogP contribution is -2.51. The summed E-state index contributed by atoms with van der Waals surface area (Å²) in [7, 11) is 3.82. The number of benzene rings is 2. The molecule has 0 aliphatic carbocycles. The SMILES string of the molecule is CC(C)[C@H](NC(=O)c1c(F)cccc1F)C(=O)NC[C@H](c1ccccc1)N(C)C. The topological polar surface area (TPSA) is 61.4 Å². The molecule has 0 saturated heterocycles. The van der Waals surface area contributed by atoms with Gasteiger partial charge in [-0.2, -0.15) is 0 Å². The number of hydrogen-bond acceptors (Lipinski definition) is 3. The molecule has 2 aromatic rings. The lowest BCUT2D eigenvalue weighted by molar-refractivity contribution is -0.124. The second kappa shape index (κ2) is 10.1. The van der Waals surface area contributed by atoms with Crippen LogP contribution in [0.2, 0.25) is 0 Å². The van der Waals surface area contributed by atoms with Gasteiger partial charge < -0.3 is 15.5 Å². The van der Waals surface area contributed by atoms with E-state index in [1.54, 1.807) is 13.8 Å². The summed E-state index contributed by atoms with van der Waals surface area (Å²) < 4.78 is 27.8. The highest BCUT2D eigenvalue weighted by Gasteiger charge is 2.28. The smallest absolute Gasteiger partial charge is 0.257 e. The highest BCUT2D eigenvalue weighted by Crippen LogP contribution is 2.17. The Hall–Kier alpha value is -2.80. The van der Waals surface area contributed by atoms with Crippen LogP contribution in [0.5, 0.6) is 0 Å². The molecule has 5 nitrogen and oxygen atoms in total. The molecule has 2 N–H and O–H groups in total. The lowest BCUT2D eigenvalue weighted by atomic mass is 10.0. The Balaban J connectivity index is 2.10. The first kappa shape index (κ1) is 22.5. The van der Waals surface area contributed by atoms with Gasteiger partial charge in [0.1, 0.15) is 23.2 Å². The number of likely N-dealkylation sites (N-methyl/N-ethyl adjacent to an activating group) is 1. The van der Waals surface area contributed by atoms with Crippen LogP contribution in [0.4, 0.5) is 8.78 Å². The molecular weight excluding hydrogens is 376 g/mol. The van der Waals surface area contributed by atoms with E-state index in [9.17, 15) is 18.4 Å². The number of halogens is 2. The van der Waals surface area contributed by atoms with E-state index in [1.165, 1.54) is 6.07 Å². The van der Waals surface area contributed by atoms with E-state index < -0.39 is 35.1 Å². The Morgan fingerprint density at radius 1 is 0.966 bits per heavy atom. The molecule has 2 aromatic carbocycles. The fourth-order valence-corrected chi connectivity index (χ4v) is 3.04. The molecule has 156 valence electrons. The predicted octanol–water partition coefficient (Wildman–Crippen LogP) is 3.14. The summed E-state index contributed by atoms with van der Waals surface area (Å²) in [5, 5.41) is 5.31. The van der Waals surface area contributed by atoms with Gasteiger partial charge in [0.05, 0.1) is 6.04 Å². The Kier molecular flexibility index (Phi) is 7.84. The summed E-state index contributed by atoms with van der Waals surface area (Å²) >= 11 is 0. The normalized spacial score (nSPS) is 13.2. The Labute approximate surface area is 170 Å². The van der Waals surface area contributed by atoms with Crippen molar-refractivity contribution in [2.45, 2.75) is 25.9 Å². The van der Waals surface area contributed by atoms with Crippen molar-refractivity contribution in [3.63, 3.8) is 0 Å². The Bertz CT molecular complexity index is 821. The lowest BCUT2D eigenvalue weighted by Gasteiger charge is -2.27. The number of nitrogens with zero attached hydrogens (tertiary/aromatic N) is 1. The second-order valence-electron chi connectivity index (χ2n) is 7.43. The maximum absolute atomic E-state index is 13.9. The number of carbonyl (C=O) groups excluding carboxylic acids is 2. The van der Waals surface area contributed by atoms with Crippen LogP contribution in [-0.2, 0) is 4.79 Å². The number of hydrogen-bond donors (Lipinski definition) is 2. The van der Waals surface area contributed by atoms with Gasteiger partial charge in [0.25, 0.3) is 5.91 Å². The van der Waals surface area contributed by atoms with E-state index >= 15 is 0 Å². The molecule has 0 aliphatic rings. The van der Waals surface area contributed by atoms with Crippen molar-refractivity contribution in [2.24, 2.45) is 5.92 Å². The maximum Gasteiger partial charge on any atom is 0.257 e. The van der Waals surface area contributed by atoms with E-state index in [0.717, 1.165) is 17.7 Å². The number of nitrogens with one attached hydrogen (secondary N) is 2. The van der Waals surface area contributed by atoms with Crippen molar-refractivity contribution >= 4 is 11.8 Å².